The van der Waals surface area contributed by atoms with Gasteiger partial charge < -0.3 is 0 Å². The van der Waals surface area contributed by atoms with Gasteiger partial charge in [0.1, 0.15) is 5.82 Å². The predicted octanol–water partition coefficient (Wildman–Crippen LogP) is 12.2. The number of benzene rings is 7. The van der Waals surface area contributed by atoms with Crippen molar-refractivity contribution in [2.24, 2.45) is 0 Å². The molecule has 7 aromatic carbocycles. The van der Waals surface area contributed by atoms with Crippen molar-refractivity contribution in [3.8, 4) is 85.4 Å². The molecule has 0 aliphatic carbocycles. The van der Waals surface area contributed by atoms with Crippen LogP contribution in [0, 0.1) is 0 Å². The van der Waals surface area contributed by atoms with E-state index in [0.717, 1.165) is 61.5 Å². The van der Waals surface area contributed by atoms with E-state index in [1.165, 1.54) is 5.56 Å². The normalized spacial score (nSPS) is 11.3. The van der Waals surface area contributed by atoms with E-state index in [9.17, 15) is 0 Å². The highest BCUT2D eigenvalue weighted by Gasteiger charge is 2.21. The summed E-state index contributed by atoms with van der Waals surface area (Å²) in [6.45, 7) is 4.42. The van der Waals surface area contributed by atoms with Crippen LogP contribution in [-0.4, -0.2) is 39.5 Å². The van der Waals surface area contributed by atoms with Gasteiger partial charge in [0.25, 0.3) is 0 Å². The molecule has 10 rings (SSSR count). The van der Waals surface area contributed by atoms with Crippen molar-refractivity contribution in [2.75, 3.05) is 0 Å². The number of fused-ring (bicyclic) bond motifs is 1. The van der Waals surface area contributed by atoms with Crippen LogP contribution >= 0.6 is 0 Å². The molecule has 286 valence electrons. The molecule has 0 spiro atoms. The van der Waals surface area contributed by atoms with Crippen LogP contribution in [0.25, 0.3) is 96.4 Å². The molecule has 8 heteroatoms. The number of para-hydroxylation sites is 2. The summed E-state index contributed by atoms with van der Waals surface area (Å²) in [6.07, 6.45) is 0. The zero-order valence-corrected chi connectivity index (χ0v) is 33.1. The Morgan fingerprint density at radius 3 is 1.08 bits per heavy atom. The lowest BCUT2D eigenvalue weighted by atomic mass is 10.0. The average molecular weight is 775 g/mol. The Bertz CT molecular complexity index is 2830. The molecule has 3 aromatic heterocycles. The summed E-state index contributed by atoms with van der Waals surface area (Å²) in [5.74, 6) is 4.47. The molecule has 0 aliphatic rings. The van der Waals surface area contributed by atoms with Gasteiger partial charge in [0.2, 0.25) is 0 Å². The lowest BCUT2D eigenvalue weighted by Crippen LogP contribution is -2.03. The van der Waals surface area contributed by atoms with Crippen molar-refractivity contribution in [3.63, 3.8) is 0 Å². The molecule has 0 saturated carbocycles. The summed E-state index contributed by atoms with van der Waals surface area (Å²) in [7, 11) is 0. The Morgan fingerprint density at radius 1 is 0.333 bits per heavy atom. The molecular weight excluding hydrogens is 737 g/mol. The molecule has 0 atom stereocenters. The van der Waals surface area contributed by atoms with Gasteiger partial charge >= 0.3 is 0 Å². The molecule has 0 N–H and O–H groups in total. The van der Waals surface area contributed by atoms with Gasteiger partial charge in [-0.1, -0.05) is 159 Å². The third-order valence-corrected chi connectivity index (χ3v) is 10.5. The molecule has 0 saturated heterocycles. The summed E-state index contributed by atoms with van der Waals surface area (Å²) in [4.78, 5) is 35.9. The van der Waals surface area contributed by atoms with E-state index in [2.05, 4.69) is 79.1 Å². The zero-order chi connectivity index (χ0) is 40.4. The monoisotopic (exact) mass is 774 g/mol. The fraction of sp³-hybridized carbons (Fsp3) is 0.0577. The molecular formula is C52H38N8. The number of hydrogen-bond acceptors (Lipinski definition) is 7. The van der Waals surface area contributed by atoms with Gasteiger partial charge in [0.15, 0.2) is 34.9 Å². The van der Waals surface area contributed by atoms with Crippen LogP contribution in [0.15, 0.2) is 188 Å². The van der Waals surface area contributed by atoms with Gasteiger partial charge in [-0.2, -0.15) is 0 Å². The maximum absolute atomic E-state index is 5.30. The third-order valence-electron chi connectivity index (χ3n) is 10.5. The van der Waals surface area contributed by atoms with Crippen molar-refractivity contribution >= 4 is 11.0 Å². The molecule has 0 fully saturated rings. The molecule has 10 aromatic rings. The lowest BCUT2D eigenvalue weighted by molar-refractivity contribution is 0.865. The van der Waals surface area contributed by atoms with Gasteiger partial charge in [-0.05, 0) is 53.9 Å². The van der Waals surface area contributed by atoms with E-state index >= 15 is 0 Å². The average Bonchev–Trinajstić information content (AvgIpc) is 3.72. The molecule has 8 nitrogen and oxygen atoms in total. The number of hydrogen-bond donors (Lipinski definition) is 0. The minimum atomic E-state index is 0.404. The van der Waals surface area contributed by atoms with Crippen LogP contribution in [0.2, 0.25) is 0 Å². The maximum atomic E-state index is 5.30. The number of nitrogens with zero attached hydrogens (tertiary/aromatic N) is 8. The number of rotatable bonds is 9. The van der Waals surface area contributed by atoms with Crippen LogP contribution in [0.5, 0.6) is 0 Å². The van der Waals surface area contributed by atoms with Crippen molar-refractivity contribution in [3.05, 3.63) is 194 Å². The second kappa shape index (κ2) is 15.8. The first-order chi connectivity index (χ1) is 29.5. The predicted molar refractivity (Wildman–Crippen MR) is 240 cm³/mol. The molecule has 0 bridgehead atoms. The quantitative estimate of drug-likeness (QED) is 0.144. The molecule has 0 amide bonds. The molecule has 0 unspecified atom stereocenters. The van der Waals surface area contributed by atoms with Crippen molar-refractivity contribution < 1.29 is 0 Å². The Morgan fingerprint density at radius 2 is 0.683 bits per heavy atom. The van der Waals surface area contributed by atoms with E-state index in [1.54, 1.807) is 0 Å². The summed E-state index contributed by atoms with van der Waals surface area (Å²) in [5.41, 5.74) is 10.1. The van der Waals surface area contributed by atoms with Gasteiger partial charge in [-0.25, -0.2) is 34.9 Å². The summed E-state index contributed by atoms with van der Waals surface area (Å²) >= 11 is 0. The van der Waals surface area contributed by atoms with E-state index < -0.39 is 0 Å². The first-order valence-electron chi connectivity index (χ1n) is 20.0. The third kappa shape index (κ3) is 7.22. The van der Waals surface area contributed by atoms with Crippen LogP contribution < -0.4 is 0 Å². The molecule has 3 heterocycles. The standard InChI is InChI=1S/C52H38N8/c1-34(2)35-27-29-43(30-28-35)60-45-26-16-15-25-44(45)53-52(60)42-32-40(50-56-46(36-17-7-3-8-18-36)54-47(57-50)37-19-9-4-10-20-37)31-41(33-42)51-58-48(38-21-11-5-12-22-38)55-49(59-51)39-23-13-6-14-24-39/h3-34H,1-2H3. The topological polar surface area (TPSA) is 95.2 Å². The van der Waals surface area contributed by atoms with Crippen molar-refractivity contribution in [2.45, 2.75) is 19.8 Å². The van der Waals surface area contributed by atoms with Crippen molar-refractivity contribution in [1.29, 1.82) is 0 Å². The smallest absolute Gasteiger partial charge is 0.164 e. The van der Waals surface area contributed by atoms with Crippen LogP contribution in [0.4, 0.5) is 0 Å². The molecule has 0 aliphatic heterocycles. The fourth-order valence-corrected chi connectivity index (χ4v) is 7.38. The van der Waals surface area contributed by atoms with Crippen LogP contribution in [-0.2, 0) is 0 Å². The van der Waals surface area contributed by atoms with Gasteiger partial charge in [-0.3, -0.25) is 4.57 Å². The number of imidazole rings is 1. The summed E-state index contributed by atoms with van der Waals surface area (Å²) in [6, 6.07) is 63.3. The Labute approximate surface area is 348 Å². The van der Waals surface area contributed by atoms with E-state index in [1.807, 2.05) is 127 Å². The SMILES string of the molecule is CC(C)c1ccc(-n2c(-c3cc(-c4nc(-c5ccccc5)nc(-c5ccccc5)n4)cc(-c4nc(-c5ccccc5)nc(-c5ccccc5)n4)c3)nc3ccccc32)cc1. The van der Waals surface area contributed by atoms with E-state index in [-0.39, 0.29) is 0 Å². The highest BCUT2D eigenvalue weighted by Crippen LogP contribution is 2.36. The number of aromatic nitrogens is 8. The van der Waals surface area contributed by atoms with Gasteiger partial charge in [0, 0.05) is 44.6 Å². The minimum absolute atomic E-state index is 0.404. The first-order valence-corrected chi connectivity index (χ1v) is 20.0. The fourth-order valence-electron chi connectivity index (χ4n) is 7.38. The highest BCUT2D eigenvalue weighted by molar-refractivity contribution is 5.86. The lowest BCUT2D eigenvalue weighted by Gasteiger charge is -2.15. The first kappa shape index (κ1) is 36.4. The van der Waals surface area contributed by atoms with Crippen molar-refractivity contribution in [1.82, 2.24) is 39.5 Å². The largest absolute Gasteiger partial charge is 0.292 e. The Kier molecular flexibility index (Phi) is 9.55. The van der Waals surface area contributed by atoms with Gasteiger partial charge in [0.05, 0.1) is 11.0 Å². The van der Waals surface area contributed by atoms with E-state index in [4.69, 9.17) is 34.9 Å². The second-order valence-corrected chi connectivity index (χ2v) is 14.9. The Balaban J connectivity index is 1.25. The maximum Gasteiger partial charge on any atom is 0.164 e. The van der Waals surface area contributed by atoms with Crippen LogP contribution in [0.3, 0.4) is 0 Å². The minimum Gasteiger partial charge on any atom is -0.292 e. The van der Waals surface area contributed by atoms with Gasteiger partial charge in [-0.15, -0.1) is 0 Å². The van der Waals surface area contributed by atoms with Crippen LogP contribution in [0.1, 0.15) is 25.3 Å². The zero-order valence-electron chi connectivity index (χ0n) is 33.1. The Hall–Kier alpha value is -7.97. The second-order valence-electron chi connectivity index (χ2n) is 14.9. The molecule has 60 heavy (non-hydrogen) atoms. The molecule has 0 radical (unpaired) electrons. The summed E-state index contributed by atoms with van der Waals surface area (Å²) < 4.78 is 2.22. The summed E-state index contributed by atoms with van der Waals surface area (Å²) in [5, 5.41) is 0. The van der Waals surface area contributed by atoms with E-state index in [0.29, 0.717) is 40.9 Å². The highest BCUT2D eigenvalue weighted by atomic mass is 15.1.